The highest BCUT2D eigenvalue weighted by atomic mass is 16.1. The molecule has 0 spiro atoms. The Bertz CT molecular complexity index is 982. The Hall–Kier alpha value is -2.88. The second-order valence-corrected chi connectivity index (χ2v) is 4.72. The highest BCUT2D eigenvalue weighted by Crippen LogP contribution is 2.22. The minimum absolute atomic E-state index is 0.180. The van der Waals surface area contributed by atoms with E-state index in [1.54, 1.807) is 16.8 Å². The van der Waals surface area contributed by atoms with Crippen molar-refractivity contribution in [3.05, 3.63) is 71.4 Å². The second kappa shape index (κ2) is 4.06. The van der Waals surface area contributed by atoms with Crippen LogP contribution in [0.1, 0.15) is 0 Å². The lowest BCUT2D eigenvalue weighted by atomic mass is 10.1. The predicted molar refractivity (Wildman–Crippen MR) is 78.8 cm³/mol. The van der Waals surface area contributed by atoms with E-state index in [0.29, 0.717) is 5.65 Å². The van der Waals surface area contributed by atoms with Crippen LogP contribution in [0, 0.1) is 0 Å². The van der Waals surface area contributed by atoms with Gasteiger partial charge in [-0.25, -0.2) is 4.98 Å². The van der Waals surface area contributed by atoms with Crippen LogP contribution in [-0.4, -0.2) is 14.4 Å². The van der Waals surface area contributed by atoms with Gasteiger partial charge < -0.3 is 9.38 Å². The number of benzene rings is 2. The third-order valence-corrected chi connectivity index (χ3v) is 3.45. The van der Waals surface area contributed by atoms with Crippen LogP contribution in [0.2, 0.25) is 0 Å². The first-order valence-corrected chi connectivity index (χ1v) is 6.36. The summed E-state index contributed by atoms with van der Waals surface area (Å²) in [5, 5.41) is 2.33. The summed E-state index contributed by atoms with van der Waals surface area (Å²) in [6.07, 6.45) is 5.28. The first-order valence-electron chi connectivity index (χ1n) is 6.36. The van der Waals surface area contributed by atoms with Gasteiger partial charge in [-0.3, -0.25) is 4.79 Å². The molecule has 0 fully saturated rings. The van der Waals surface area contributed by atoms with Crippen molar-refractivity contribution in [1.29, 1.82) is 0 Å². The fourth-order valence-corrected chi connectivity index (χ4v) is 2.45. The average molecular weight is 261 g/mol. The van der Waals surface area contributed by atoms with Gasteiger partial charge in [-0.2, -0.15) is 0 Å². The summed E-state index contributed by atoms with van der Waals surface area (Å²) in [5.41, 5.74) is 2.00. The molecule has 0 aliphatic heterocycles. The highest BCUT2D eigenvalue weighted by Gasteiger charge is 2.05. The number of rotatable bonds is 1. The van der Waals surface area contributed by atoms with Crippen LogP contribution >= 0.6 is 0 Å². The minimum Gasteiger partial charge on any atom is -0.317 e. The zero-order valence-electron chi connectivity index (χ0n) is 10.6. The molecule has 4 rings (SSSR count). The molecule has 0 unspecified atom stereocenters. The summed E-state index contributed by atoms with van der Waals surface area (Å²) < 4.78 is 1.74. The van der Waals surface area contributed by atoms with E-state index in [-0.39, 0.29) is 5.56 Å². The van der Waals surface area contributed by atoms with E-state index in [1.165, 1.54) is 5.39 Å². The molecule has 4 heteroatoms. The molecule has 0 radical (unpaired) electrons. The van der Waals surface area contributed by atoms with E-state index in [4.69, 9.17) is 0 Å². The predicted octanol–water partition coefficient (Wildman–Crippen LogP) is 2.84. The number of hydrogen-bond acceptors (Lipinski definition) is 2. The van der Waals surface area contributed by atoms with Crippen molar-refractivity contribution in [2.24, 2.45) is 0 Å². The number of aromatic amines is 1. The molecule has 0 saturated heterocycles. The van der Waals surface area contributed by atoms with Crippen LogP contribution < -0.4 is 5.56 Å². The minimum atomic E-state index is -0.180. The molecule has 96 valence electrons. The maximum atomic E-state index is 12.0. The molecule has 0 aliphatic carbocycles. The maximum absolute atomic E-state index is 12.0. The molecule has 0 aliphatic rings. The standard InChI is InChI=1S/C16H11N3O/c20-16-15-17-7-8-19(15)10-14(18-16)13-6-5-11-3-1-2-4-12(11)9-13/h1-10H,(H,18,20). The van der Waals surface area contributed by atoms with Crippen LogP contribution in [0.25, 0.3) is 27.7 Å². The van der Waals surface area contributed by atoms with Crippen molar-refractivity contribution in [3.8, 4) is 11.3 Å². The quantitative estimate of drug-likeness (QED) is 0.573. The fourth-order valence-electron chi connectivity index (χ4n) is 2.45. The molecule has 0 atom stereocenters. The summed E-state index contributed by atoms with van der Waals surface area (Å²) in [6.45, 7) is 0. The van der Waals surface area contributed by atoms with Gasteiger partial charge in [-0.15, -0.1) is 0 Å². The number of imidazole rings is 1. The van der Waals surface area contributed by atoms with Crippen LogP contribution in [0.4, 0.5) is 0 Å². The Morgan fingerprint density at radius 3 is 2.80 bits per heavy atom. The van der Waals surface area contributed by atoms with Gasteiger partial charge >= 0.3 is 0 Å². The van der Waals surface area contributed by atoms with Crippen LogP contribution in [0.15, 0.2) is 65.8 Å². The lowest BCUT2D eigenvalue weighted by molar-refractivity contribution is 1.10. The number of H-pyrrole nitrogens is 1. The van der Waals surface area contributed by atoms with Gasteiger partial charge in [0.1, 0.15) is 0 Å². The number of nitrogens with zero attached hydrogens (tertiary/aromatic N) is 2. The molecule has 4 aromatic rings. The number of hydrogen-bond donors (Lipinski definition) is 1. The zero-order chi connectivity index (χ0) is 13.5. The maximum Gasteiger partial charge on any atom is 0.292 e. The molecule has 2 aromatic carbocycles. The van der Waals surface area contributed by atoms with E-state index >= 15 is 0 Å². The van der Waals surface area contributed by atoms with Crippen molar-refractivity contribution in [1.82, 2.24) is 14.4 Å². The smallest absolute Gasteiger partial charge is 0.292 e. The van der Waals surface area contributed by atoms with Crippen LogP contribution in [-0.2, 0) is 0 Å². The SMILES string of the molecule is O=c1[nH]c(-c2ccc3ccccc3c2)cn2ccnc12. The Balaban J connectivity index is 1.98. The Labute approximate surface area is 114 Å². The molecule has 0 saturated carbocycles. The van der Waals surface area contributed by atoms with Gasteiger partial charge in [0.25, 0.3) is 5.56 Å². The Kier molecular flexibility index (Phi) is 2.23. The van der Waals surface area contributed by atoms with Gasteiger partial charge in [-0.05, 0) is 16.8 Å². The summed E-state index contributed by atoms with van der Waals surface area (Å²) in [7, 11) is 0. The highest BCUT2D eigenvalue weighted by molar-refractivity contribution is 5.86. The zero-order valence-corrected chi connectivity index (χ0v) is 10.6. The molecule has 0 bridgehead atoms. The fraction of sp³-hybridized carbons (Fsp3) is 0. The Morgan fingerprint density at radius 2 is 1.90 bits per heavy atom. The lowest BCUT2D eigenvalue weighted by Crippen LogP contribution is -2.10. The third-order valence-electron chi connectivity index (χ3n) is 3.45. The Morgan fingerprint density at radius 1 is 1.05 bits per heavy atom. The van der Waals surface area contributed by atoms with Crippen molar-refractivity contribution in [2.75, 3.05) is 0 Å². The van der Waals surface area contributed by atoms with E-state index in [9.17, 15) is 4.79 Å². The van der Waals surface area contributed by atoms with Crippen molar-refractivity contribution in [3.63, 3.8) is 0 Å². The van der Waals surface area contributed by atoms with Gasteiger partial charge in [-0.1, -0.05) is 36.4 Å². The average Bonchev–Trinajstić information content (AvgIpc) is 2.96. The number of nitrogens with one attached hydrogen (secondary N) is 1. The number of fused-ring (bicyclic) bond motifs is 2. The van der Waals surface area contributed by atoms with Crippen LogP contribution in [0.3, 0.4) is 0 Å². The first-order chi connectivity index (χ1) is 9.81. The van der Waals surface area contributed by atoms with Gasteiger partial charge in [0.15, 0.2) is 0 Å². The van der Waals surface area contributed by atoms with E-state index in [0.717, 1.165) is 16.6 Å². The summed E-state index contributed by atoms with van der Waals surface area (Å²) in [6, 6.07) is 14.3. The first kappa shape index (κ1) is 11.0. The molecule has 20 heavy (non-hydrogen) atoms. The number of aromatic nitrogens is 3. The third kappa shape index (κ3) is 1.62. The summed E-state index contributed by atoms with van der Waals surface area (Å²) in [5.74, 6) is 0. The van der Waals surface area contributed by atoms with Crippen molar-refractivity contribution in [2.45, 2.75) is 0 Å². The molecule has 4 nitrogen and oxygen atoms in total. The monoisotopic (exact) mass is 261 g/mol. The second-order valence-electron chi connectivity index (χ2n) is 4.72. The largest absolute Gasteiger partial charge is 0.317 e. The molecule has 1 N–H and O–H groups in total. The molecular formula is C16H11N3O. The van der Waals surface area contributed by atoms with E-state index < -0.39 is 0 Å². The topological polar surface area (TPSA) is 50.2 Å². The lowest BCUT2D eigenvalue weighted by Gasteiger charge is -2.05. The molecular weight excluding hydrogens is 250 g/mol. The normalized spacial score (nSPS) is 11.2. The van der Waals surface area contributed by atoms with E-state index in [2.05, 4.69) is 34.2 Å². The van der Waals surface area contributed by atoms with Crippen molar-refractivity contribution >= 4 is 16.4 Å². The van der Waals surface area contributed by atoms with Crippen LogP contribution in [0.5, 0.6) is 0 Å². The molecule has 2 aromatic heterocycles. The van der Waals surface area contributed by atoms with Gasteiger partial charge in [0.05, 0.1) is 5.69 Å². The summed E-state index contributed by atoms with van der Waals surface area (Å²) in [4.78, 5) is 18.9. The molecule has 2 heterocycles. The summed E-state index contributed by atoms with van der Waals surface area (Å²) >= 11 is 0. The van der Waals surface area contributed by atoms with Gasteiger partial charge in [0.2, 0.25) is 5.65 Å². The van der Waals surface area contributed by atoms with Crippen molar-refractivity contribution < 1.29 is 0 Å². The molecule has 0 amide bonds. The van der Waals surface area contributed by atoms with E-state index in [1.807, 2.05) is 24.4 Å². The van der Waals surface area contributed by atoms with Gasteiger partial charge in [0, 0.05) is 24.2 Å².